The number of hydrogen-bond donors (Lipinski definition) is 1. The molecular formula is C32H29N5O6S. The predicted octanol–water partition coefficient (Wildman–Crippen LogP) is 3.63. The third-order valence-corrected chi connectivity index (χ3v) is 8.34. The smallest absolute Gasteiger partial charge is 0.316 e. The first-order valence-electron chi connectivity index (χ1n) is 13.9. The van der Waals surface area contributed by atoms with Crippen LogP contribution in [0.4, 0.5) is 0 Å². The molecule has 11 nitrogen and oxygen atoms in total. The summed E-state index contributed by atoms with van der Waals surface area (Å²) in [5.41, 5.74) is 2.16. The average Bonchev–Trinajstić information content (AvgIpc) is 3.48. The van der Waals surface area contributed by atoms with Crippen molar-refractivity contribution >= 4 is 38.7 Å². The summed E-state index contributed by atoms with van der Waals surface area (Å²) in [5.74, 6) is -4.04. The monoisotopic (exact) mass is 611 g/mol. The zero-order valence-electron chi connectivity index (χ0n) is 23.6. The molecule has 1 N–H and O–H groups in total. The largest absolute Gasteiger partial charge is 0.432 e. The maximum atomic E-state index is 14.1. The molecule has 44 heavy (non-hydrogen) atoms. The summed E-state index contributed by atoms with van der Waals surface area (Å²) in [6.45, 7) is -0.0818. The number of oxazole rings is 1. The van der Waals surface area contributed by atoms with Crippen molar-refractivity contribution in [2.45, 2.75) is 24.6 Å². The van der Waals surface area contributed by atoms with Crippen LogP contribution in [0.25, 0.3) is 11.1 Å². The number of carbonyl (C=O) groups is 3. The van der Waals surface area contributed by atoms with Crippen molar-refractivity contribution in [3.8, 4) is 0 Å². The Hall–Kier alpha value is -5.23. The van der Waals surface area contributed by atoms with E-state index in [4.69, 9.17) is 4.42 Å². The highest BCUT2D eigenvalue weighted by atomic mass is 32.2. The Labute approximate surface area is 253 Å². The number of nitrogens with one attached hydrogen (secondary N) is 1. The lowest BCUT2D eigenvalue weighted by atomic mass is 10.1. The summed E-state index contributed by atoms with van der Waals surface area (Å²) in [4.78, 5) is 54.0. The third kappa shape index (κ3) is 7.78. The Bertz CT molecular complexity index is 1810. The molecular weight excluding hydrogens is 582 g/mol. The zero-order valence-corrected chi connectivity index (χ0v) is 24.4. The van der Waals surface area contributed by atoms with Gasteiger partial charge in [0.15, 0.2) is 15.4 Å². The summed E-state index contributed by atoms with van der Waals surface area (Å²) in [6.07, 6.45) is 4.76. The molecule has 0 saturated heterocycles. The van der Waals surface area contributed by atoms with E-state index in [1.165, 1.54) is 18.6 Å². The predicted molar refractivity (Wildman–Crippen MR) is 162 cm³/mol. The molecule has 0 bridgehead atoms. The van der Waals surface area contributed by atoms with Gasteiger partial charge in [0.25, 0.3) is 17.7 Å². The number of imide groups is 1. The SMILES string of the molecule is O=C(NC(CS(=O)(=O)Cc1ccccc1)C(=O)N(CCCc1ccccc1)C(=O)c1nc2ccccc2o1)c1cnccn1. The van der Waals surface area contributed by atoms with Crippen molar-refractivity contribution in [2.75, 3.05) is 12.3 Å². The molecule has 3 aromatic carbocycles. The van der Waals surface area contributed by atoms with Crippen LogP contribution < -0.4 is 5.32 Å². The maximum absolute atomic E-state index is 14.1. The zero-order chi connectivity index (χ0) is 30.9. The molecule has 2 aromatic heterocycles. The molecule has 5 rings (SSSR count). The second-order valence-corrected chi connectivity index (χ2v) is 12.1. The molecule has 0 radical (unpaired) electrons. The number of aryl methyl sites for hydroxylation is 1. The number of hydrogen-bond acceptors (Lipinski definition) is 9. The van der Waals surface area contributed by atoms with Gasteiger partial charge in [-0.15, -0.1) is 0 Å². The molecule has 0 aliphatic rings. The molecule has 0 spiro atoms. The third-order valence-electron chi connectivity index (χ3n) is 6.73. The van der Waals surface area contributed by atoms with Gasteiger partial charge in [-0.3, -0.25) is 24.3 Å². The number of amides is 3. The summed E-state index contributed by atoms with van der Waals surface area (Å²) < 4.78 is 32.3. The van der Waals surface area contributed by atoms with Gasteiger partial charge in [-0.2, -0.15) is 0 Å². The Morgan fingerprint density at radius 1 is 0.864 bits per heavy atom. The molecule has 0 saturated carbocycles. The standard InChI is InChI=1S/C32H29N5O6S/c38-29(26-20-33-17-18-34-26)35-27(22-44(41,42)21-24-12-5-2-6-13-24)31(39)37(19-9-14-23-10-3-1-4-11-23)32(40)30-36-25-15-7-8-16-28(25)43-30/h1-8,10-13,15-18,20,27H,9,14,19,21-22H2,(H,35,38). The Balaban J connectivity index is 1.45. The van der Waals surface area contributed by atoms with Crippen LogP contribution in [0.1, 0.15) is 38.7 Å². The molecule has 5 aromatic rings. The van der Waals surface area contributed by atoms with E-state index in [9.17, 15) is 22.8 Å². The fourth-order valence-corrected chi connectivity index (χ4v) is 6.18. The first-order valence-corrected chi connectivity index (χ1v) is 15.7. The van der Waals surface area contributed by atoms with Crippen LogP contribution in [0.5, 0.6) is 0 Å². The van der Waals surface area contributed by atoms with E-state index in [1.54, 1.807) is 54.6 Å². The van der Waals surface area contributed by atoms with Crippen molar-refractivity contribution in [3.05, 3.63) is 126 Å². The van der Waals surface area contributed by atoms with Crippen LogP contribution in [0.15, 0.2) is 108 Å². The first-order chi connectivity index (χ1) is 21.3. The van der Waals surface area contributed by atoms with E-state index >= 15 is 0 Å². The van der Waals surface area contributed by atoms with Crippen LogP contribution in [0.2, 0.25) is 0 Å². The minimum Gasteiger partial charge on any atom is -0.432 e. The summed E-state index contributed by atoms with van der Waals surface area (Å²) >= 11 is 0. The van der Waals surface area contributed by atoms with Gasteiger partial charge >= 0.3 is 5.91 Å². The molecule has 1 atom stereocenters. The van der Waals surface area contributed by atoms with Crippen LogP contribution in [0.3, 0.4) is 0 Å². The highest BCUT2D eigenvalue weighted by molar-refractivity contribution is 7.90. The summed E-state index contributed by atoms with van der Waals surface area (Å²) in [5, 5.41) is 2.48. The number of sulfone groups is 1. The van der Waals surface area contributed by atoms with Gasteiger partial charge in [0.05, 0.1) is 17.7 Å². The minimum absolute atomic E-state index is 0.0818. The minimum atomic E-state index is -3.96. The van der Waals surface area contributed by atoms with E-state index in [1.807, 2.05) is 30.3 Å². The number of aromatic nitrogens is 3. The molecule has 224 valence electrons. The van der Waals surface area contributed by atoms with Gasteiger partial charge in [-0.25, -0.2) is 18.4 Å². The van der Waals surface area contributed by atoms with Crippen molar-refractivity contribution in [2.24, 2.45) is 0 Å². The molecule has 0 aliphatic carbocycles. The maximum Gasteiger partial charge on any atom is 0.316 e. The number of nitrogens with zero attached hydrogens (tertiary/aromatic N) is 4. The Morgan fingerprint density at radius 3 is 2.23 bits per heavy atom. The summed E-state index contributed by atoms with van der Waals surface area (Å²) in [7, 11) is -3.96. The van der Waals surface area contributed by atoms with E-state index in [0.29, 0.717) is 29.5 Å². The van der Waals surface area contributed by atoms with E-state index < -0.39 is 39.4 Å². The van der Waals surface area contributed by atoms with Crippen LogP contribution in [-0.4, -0.2) is 64.3 Å². The lowest BCUT2D eigenvalue weighted by Crippen LogP contribution is -2.54. The number of carbonyl (C=O) groups excluding carboxylic acids is 3. The molecule has 1 unspecified atom stereocenters. The number of rotatable bonds is 12. The van der Waals surface area contributed by atoms with E-state index in [-0.39, 0.29) is 23.9 Å². The highest BCUT2D eigenvalue weighted by Crippen LogP contribution is 2.18. The van der Waals surface area contributed by atoms with Gasteiger partial charge in [0, 0.05) is 18.9 Å². The fourth-order valence-electron chi connectivity index (χ4n) is 4.63. The van der Waals surface area contributed by atoms with Gasteiger partial charge in [0.2, 0.25) is 0 Å². The van der Waals surface area contributed by atoms with Crippen molar-refractivity contribution in [1.29, 1.82) is 0 Å². The van der Waals surface area contributed by atoms with Crippen molar-refractivity contribution < 1.29 is 27.2 Å². The number of benzene rings is 3. The molecule has 0 aliphatic heterocycles. The van der Waals surface area contributed by atoms with Gasteiger partial charge in [-0.05, 0) is 36.1 Å². The second kappa shape index (κ2) is 13.8. The first kappa shape index (κ1) is 30.2. The lowest BCUT2D eigenvalue weighted by molar-refractivity contribution is -0.130. The number of para-hydroxylation sites is 2. The summed E-state index contributed by atoms with van der Waals surface area (Å²) in [6, 6.07) is 23.1. The van der Waals surface area contributed by atoms with Crippen LogP contribution >= 0.6 is 0 Å². The lowest BCUT2D eigenvalue weighted by Gasteiger charge is -2.25. The van der Waals surface area contributed by atoms with Crippen molar-refractivity contribution in [1.82, 2.24) is 25.2 Å². The Morgan fingerprint density at radius 2 is 1.55 bits per heavy atom. The van der Waals surface area contributed by atoms with Gasteiger partial charge in [-0.1, -0.05) is 72.8 Å². The topological polar surface area (TPSA) is 152 Å². The molecule has 3 amide bonds. The number of fused-ring (bicyclic) bond motifs is 1. The normalized spacial score (nSPS) is 12.0. The van der Waals surface area contributed by atoms with Gasteiger partial charge < -0.3 is 9.73 Å². The molecule has 0 fully saturated rings. The Kier molecular flexibility index (Phi) is 9.50. The van der Waals surface area contributed by atoms with Crippen molar-refractivity contribution in [3.63, 3.8) is 0 Å². The average molecular weight is 612 g/mol. The molecule has 12 heteroatoms. The van der Waals surface area contributed by atoms with Crippen LogP contribution in [-0.2, 0) is 26.8 Å². The fraction of sp³-hybridized carbons (Fsp3) is 0.188. The second-order valence-electron chi connectivity index (χ2n) is 10.0. The molecule has 2 heterocycles. The quantitative estimate of drug-likeness (QED) is 0.223. The van der Waals surface area contributed by atoms with E-state index in [2.05, 4.69) is 20.3 Å². The van der Waals surface area contributed by atoms with Crippen LogP contribution in [0, 0.1) is 0 Å². The van der Waals surface area contributed by atoms with Gasteiger partial charge in [0.1, 0.15) is 17.3 Å². The highest BCUT2D eigenvalue weighted by Gasteiger charge is 2.36. The van der Waals surface area contributed by atoms with E-state index in [0.717, 1.165) is 10.5 Å².